The van der Waals surface area contributed by atoms with Gasteiger partial charge in [-0.1, -0.05) is 13.0 Å². The van der Waals surface area contributed by atoms with Crippen LogP contribution in [0.25, 0.3) is 0 Å². The molecule has 0 aliphatic carbocycles. The van der Waals surface area contributed by atoms with Gasteiger partial charge in [0.25, 0.3) is 0 Å². The van der Waals surface area contributed by atoms with Crippen LogP contribution in [0.1, 0.15) is 18.9 Å². The molecule has 0 atom stereocenters. The molecule has 6 N–H and O–H groups in total. The highest BCUT2D eigenvalue weighted by molar-refractivity contribution is 5.53. The normalized spacial score (nSPS) is 11.7. The van der Waals surface area contributed by atoms with E-state index in [-0.39, 0.29) is 19.8 Å². The van der Waals surface area contributed by atoms with Gasteiger partial charge in [-0.3, -0.25) is 0 Å². The smallest absolute Gasteiger partial charge is 0.200 e. The van der Waals surface area contributed by atoms with Gasteiger partial charge in [-0.05, 0) is 12.5 Å². The maximum Gasteiger partial charge on any atom is 0.200 e. The molecule has 1 aromatic carbocycles. The Kier molecular flexibility index (Phi) is 4.77. The van der Waals surface area contributed by atoms with E-state index in [2.05, 4.69) is 5.32 Å². The van der Waals surface area contributed by atoms with Crippen molar-refractivity contribution in [3.63, 3.8) is 0 Å². The van der Waals surface area contributed by atoms with E-state index in [1.165, 1.54) is 12.1 Å². The number of nitrogens with one attached hydrogen (secondary N) is 1. The summed E-state index contributed by atoms with van der Waals surface area (Å²) < 4.78 is 0. The maximum absolute atomic E-state index is 9.62. The topological polar surface area (TPSA) is 113 Å². The molecule has 6 nitrogen and oxygen atoms in total. The van der Waals surface area contributed by atoms with Crippen LogP contribution >= 0.6 is 0 Å². The van der Waals surface area contributed by atoms with Crippen LogP contribution in [0.5, 0.6) is 17.2 Å². The fraction of sp³-hybridized carbons (Fsp3) is 0.500. The third kappa shape index (κ3) is 2.84. The lowest BCUT2D eigenvalue weighted by molar-refractivity contribution is 0.0862. The summed E-state index contributed by atoms with van der Waals surface area (Å²) in [4.78, 5) is 0. The highest BCUT2D eigenvalue weighted by Gasteiger charge is 2.26. The van der Waals surface area contributed by atoms with Crippen LogP contribution < -0.4 is 5.32 Å². The van der Waals surface area contributed by atoms with E-state index in [0.29, 0.717) is 12.0 Å². The molecule has 0 saturated heterocycles. The number of benzene rings is 1. The molecule has 0 spiro atoms. The lowest BCUT2D eigenvalue weighted by atomic mass is 9.98. The summed E-state index contributed by atoms with van der Waals surface area (Å²) in [6.07, 6.45) is 0.505. The van der Waals surface area contributed by atoms with E-state index in [1.54, 1.807) is 0 Å². The van der Waals surface area contributed by atoms with Gasteiger partial charge in [0.2, 0.25) is 5.75 Å². The standard InChI is InChI=1S/C12H19NO5/c1-2-12(6-14,7-15)13-5-8-3-4-9(16)11(18)10(8)17/h3-4,13-18H,2,5-7H2,1H3. The van der Waals surface area contributed by atoms with E-state index in [0.717, 1.165) is 0 Å². The number of phenolic OH excluding ortho intramolecular Hbond substituents is 3. The molecule has 1 rings (SSSR count). The summed E-state index contributed by atoms with van der Waals surface area (Å²) >= 11 is 0. The monoisotopic (exact) mass is 257 g/mol. The number of hydrogen-bond donors (Lipinski definition) is 6. The van der Waals surface area contributed by atoms with Gasteiger partial charge < -0.3 is 30.8 Å². The molecule has 1 aromatic rings. The number of aliphatic hydroxyl groups excluding tert-OH is 2. The molecular weight excluding hydrogens is 238 g/mol. The van der Waals surface area contributed by atoms with Crippen molar-refractivity contribution in [3.8, 4) is 17.2 Å². The minimum atomic E-state index is -0.833. The molecule has 0 amide bonds. The first kappa shape index (κ1) is 14.6. The van der Waals surface area contributed by atoms with Gasteiger partial charge in [0, 0.05) is 12.1 Å². The molecule has 18 heavy (non-hydrogen) atoms. The number of phenols is 3. The zero-order chi connectivity index (χ0) is 13.8. The Hall–Kier alpha value is -1.50. The van der Waals surface area contributed by atoms with Crippen molar-refractivity contribution in [2.75, 3.05) is 13.2 Å². The van der Waals surface area contributed by atoms with Crippen molar-refractivity contribution in [1.29, 1.82) is 0 Å². The third-order valence-electron chi connectivity index (χ3n) is 3.15. The number of hydrogen-bond acceptors (Lipinski definition) is 6. The van der Waals surface area contributed by atoms with E-state index in [9.17, 15) is 25.5 Å². The lowest BCUT2D eigenvalue weighted by Gasteiger charge is -2.30. The predicted octanol–water partition coefficient (Wildman–Crippen LogP) is 0.0264. The molecule has 0 heterocycles. The second-order valence-corrected chi connectivity index (χ2v) is 4.24. The Balaban J connectivity index is 2.83. The van der Waals surface area contributed by atoms with Crippen LogP contribution in [0.15, 0.2) is 12.1 Å². The van der Waals surface area contributed by atoms with Crippen molar-refractivity contribution in [3.05, 3.63) is 17.7 Å². The van der Waals surface area contributed by atoms with Gasteiger partial charge in [-0.25, -0.2) is 0 Å². The molecule has 0 aromatic heterocycles. The van der Waals surface area contributed by atoms with Crippen molar-refractivity contribution >= 4 is 0 Å². The first-order chi connectivity index (χ1) is 8.49. The second kappa shape index (κ2) is 5.90. The molecule has 0 radical (unpaired) electrons. The van der Waals surface area contributed by atoms with E-state index in [1.807, 2.05) is 6.92 Å². The highest BCUT2D eigenvalue weighted by atomic mass is 16.3. The Labute approximate surface area is 105 Å². The Bertz CT molecular complexity index is 395. The molecule has 0 saturated carbocycles. The van der Waals surface area contributed by atoms with Crippen molar-refractivity contribution in [2.45, 2.75) is 25.4 Å². The second-order valence-electron chi connectivity index (χ2n) is 4.24. The summed E-state index contributed by atoms with van der Waals surface area (Å²) in [5.74, 6) is -1.39. The quantitative estimate of drug-likeness (QED) is 0.401. The molecule has 0 bridgehead atoms. The van der Waals surface area contributed by atoms with E-state index in [4.69, 9.17) is 0 Å². The van der Waals surface area contributed by atoms with Crippen LogP contribution in [0.2, 0.25) is 0 Å². The molecular formula is C12H19NO5. The van der Waals surface area contributed by atoms with Crippen LogP contribution in [0.4, 0.5) is 0 Å². The first-order valence-corrected chi connectivity index (χ1v) is 5.69. The van der Waals surface area contributed by atoms with Crippen LogP contribution in [0, 0.1) is 0 Å². The fourth-order valence-corrected chi connectivity index (χ4v) is 1.55. The largest absolute Gasteiger partial charge is 0.504 e. The van der Waals surface area contributed by atoms with E-state index >= 15 is 0 Å². The SMILES string of the molecule is CCC(CO)(CO)NCc1ccc(O)c(O)c1O. The maximum atomic E-state index is 9.62. The minimum Gasteiger partial charge on any atom is -0.504 e. The zero-order valence-corrected chi connectivity index (χ0v) is 10.2. The first-order valence-electron chi connectivity index (χ1n) is 5.69. The molecule has 0 aliphatic heterocycles. The predicted molar refractivity (Wildman–Crippen MR) is 65.5 cm³/mol. The van der Waals surface area contributed by atoms with Crippen molar-refractivity contribution in [1.82, 2.24) is 5.32 Å². The third-order valence-corrected chi connectivity index (χ3v) is 3.15. The van der Waals surface area contributed by atoms with Crippen molar-refractivity contribution in [2.24, 2.45) is 0 Å². The summed E-state index contributed by atoms with van der Waals surface area (Å²) in [6.45, 7) is 1.47. The van der Waals surface area contributed by atoms with Gasteiger partial charge in [-0.2, -0.15) is 0 Å². The highest BCUT2D eigenvalue weighted by Crippen LogP contribution is 2.37. The van der Waals surface area contributed by atoms with Crippen LogP contribution in [-0.4, -0.2) is 44.3 Å². The van der Waals surface area contributed by atoms with E-state index < -0.39 is 22.8 Å². The van der Waals surface area contributed by atoms with Gasteiger partial charge in [-0.15, -0.1) is 0 Å². The average molecular weight is 257 g/mol. The van der Waals surface area contributed by atoms with Crippen molar-refractivity contribution < 1.29 is 25.5 Å². The molecule has 0 unspecified atom stereocenters. The molecule has 0 aliphatic rings. The summed E-state index contributed by atoms with van der Waals surface area (Å²) in [7, 11) is 0. The number of aromatic hydroxyl groups is 3. The summed E-state index contributed by atoms with van der Waals surface area (Å²) in [5, 5.41) is 49.6. The number of aliphatic hydroxyl groups is 2. The Morgan fingerprint density at radius 2 is 1.67 bits per heavy atom. The minimum absolute atomic E-state index is 0.147. The Morgan fingerprint density at radius 3 is 2.17 bits per heavy atom. The van der Waals surface area contributed by atoms with Gasteiger partial charge >= 0.3 is 0 Å². The lowest BCUT2D eigenvalue weighted by Crippen LogP contribution is -2.50. The van der Waals surface area contributed by atoms with Crippen LogP contribution in [0.3, 0.4) is 0 Å². The van der Waals surface area contributed by atoms with Gasteiger partial charge in [0.05, 0.1) is 18.8 Å². The van der Waals surface area contributed by atoms with Gasteiger partial charge in [0.1, 0.15) is 0 Å². The molecule has 0 fully saturated rings. The molecule has 6 heteroatoms. The Morgan fingerprint density at radius 1 is 1.06 bits per heavy atom. The summed E-state index contributed by atoms with van der Waals surface area (Å²) in [5.41, 5.74) is -0.468. The fourth-order valence-electron chi connectivity index (χ4n) is 1.55. The number of rotatable bonds is 6. The van der Waals surface area contributed by atoms with Gasteiger partial charge in [0.15, 0.2) is 11.5 Å². The molecule has 102 valence electrons. The zero-order valence-electron chi connectivity index (χ0n) is 10.2. The summed E-state index contributed by atoms with van der Waals surface area (Å²) in [6, 6.07) is 2.71. The van der Waals surface area contributed by atoms with Crippen LogP contribution in [-0.2, 0) is 6.54 Å². The average Bonchev–Trinajstić information content (AvgIpc) is 2.40.